The monoisotopic (exact) mass is 539 g/mol. The number of nitrogens with two attached hydrogens (primary N) is 1. The van der Waals surface area contributed by atoms with E-state index in [9.17, 15) is 22.8 Å². The van der Waals surface area contributed by atoms with Crippen LogP contribution in [-0.4, -0.2) is 45.5 Å². The Hall–Kier alpha value is -4.48. The molecule has 39 heavy (non-hydrogen) atoms. The minimum absolute atomic E-state index is 0.0630. The van der Waals surface area contributed by atoms with E-state index in [2.05, 4.69) is 20.6 Å². The number of halogens is 3. The van der Waals surface area contributed by atoms with Crippen LogP contribution in [0.15, 0.2) is 54.9 Å². The van der Waals surface area contributed by atoms with Crippen LogP contribution in [0.3, 0.4) is 0 Å². The van der Waals surface area contributed by atoms with Gasteiger partial charge in [0, 0.05) is 60.3 Å². The second-order valence-corrected chi connectivity index (χ2v) is 9.15. The zero-order chi connectivity index (χ0) is 28.2. The van der Waals surface area contributed by atoms with Crippen LogP contribution in [0.4, 0.5) is 36.2 Å². The topological polar surface area (TPSA) is 137 Å². The van der Waals surface area contributed by atoms with Gasteiger partial charge in [0.25, 0.3) is 5.91 Å². The van der Waals surface area contributed by atoms with E-state index in [1.807, 2.05) is 6.92 Å². The highest BCUT2D eigenvalue weighted by Gasteiger charge is 2.31. The summed E-state index contributed by atoms with van der Waals surface area (Å²) in [5.74, 6) is -0.738. The summed E-state index contributed by atoms with van der Waals surface area (Å²) in [4.78, 5) is 34.5. The van der Waals surface area contributed by atoms with Crippen molar-refractivity contribution < 1.29 is 22.8 Å². The van der Waals surface area contributed by atoms with E-state index in [4.69, 9.17) is 11.1 Å². The highest BCUT2D eigenvalue weighted by Crippen LogP contribution is 2.31. The molecule has 0 radical (unpaired) electrons. The van der Waals surface area contributed by atoms with Gasteiger partial charge in [-0.2, -0.15) is 13.2 Å². The molecule has 3 aromatic rings. The number of pyridine rings is 2. The van der Waals surface area contributed by atoms with Crippen LogP contribution in [0.25, 0.3) is 0 Å². The zero-order valence-corrected chi connectivity index (χ0v) is 21.2. The lowest BCUT2D eigenvalue weighted by Crippen LogP contribution is -2.42. The molecule has 1 aromatic carbocycles. The van der Waals surface area contributed by atoms with E-state index in [1.165, 1.54) is 18.3 Å². The maximum absolute atomic E-state index is 12.9. The Morgan fingerprint density at radius 1 is 1.13 bits per heavy atom. The van der Waals surface area contributed by atoms with Crippen molar-refractivity contribution in [1.82, 2.24) is 14.9 Å². The third-order valence-electron chi connectivity index (χ3n) is 6.50. The first-order chi connectivity index (χ1) is 18.6. The number of nitrogens with one attached hydrogen (secondary N) is 3. The number of carbonyl (C=O) groups excluding carboxylic acids is 2. The van der Waals surface area contributed by atoms with Crippen LogP contribution >= 0.6 is 0 Å². The summed E-state index contributed by atoms with van der Waals surface area (Å²) in [6.45, 7) is 2.97. The van der Waals surface area contributed by atoms with Gasteiger partial charge >= 0.3 is 6.18 Å². The van der Waals surface area contributed by atoms with Crippen molar-refractivity contribution in [2.45, 2.75) is 32.4 Å². The van der Waals surface area contributed by atoms with Crippen molar-refractivity contribution in [3.05, 3.63) is 71.5 Å². The second kappa shape index (κ2) is 11.5. The van der Waals surface area contributed by atoms with Crippen LogP contribution < -0.4 is 16.4 Å². The molecule has 1 saturated heterocycles. The summed E-state index contributed by atoms with van der Waals surface area (Å²) in [5.41, 5.74) is 7.36. The lowest BCUT2D eigenvalue weighted by atomic mass is 9.88. The Balaban J connectivity index is 1.48. The van der Waals surface area contributed by atoms with Gasteiger partial charge in [0.1, 0.15) is 11.6 Å². The molecule has 0 spiro atoms. The minimum Gasteiger partial charge on any atom is -0.382 e. The van der Waals surface area contributed by atoms with E-state index in [1.54, 1.807) is 23.1 Å². The number of carbonyl (C=O) groups is 2. The molecule has 9 nitrogen and oxygen atoms in total. The van der Waals surface area contributed by atoms with Gasteiger partial charge in [0.15, 0.2) is 0 Å². The minimum atomic E-state index is -4.55. The molecule has 3 heterocycles. The lowest BCUT2D eigenvalue weighted by molar-refractivity contribution is -0.137. The normalized spacial score (nSPS) is 15.5. The molecule has 1 atom stereocenters. The highest BCUT2D eigenvalue weighted by atomic mass is 19.4. The van der Waals surface area contributed by atoms with E-state index in [0.717, 1.165) is 31.2 Å². The molecular weight excluding hydrogens is 511 g/mol. The van der Waals surface area contributed by atoms with Gasteiger partial charge in [-0.15, -0.1) is 0 Å². The Bertz CT molecular complexity index is 1380. The summed E-state index contributed by atoms with van der Waals surface area (Å²) in [5, 5.41) is 14.4. The number of hydrogen-bond donors (Lipinski definition) is 4. The fraction of sp³-hybridized carbons (Fsp3) is 0.296. The molecule has 1 aliphatic rings. The average Bonchev–Trinajstić information content (AvgIpc) is 2.93. The highest BCUT2D eigenvalue weighted by molar-refractivity contribution is 6.07. The molecular formula is C27H28F3N7O2. The fourth-order valence-corrected chi connectivity index (χ4v) is 4.43. The quantitative estimate of drug-likeness (QED) is 0.309. The largest absolute Gasteiger partial charge is 0.416 e. The van der Waals surface area contributed by atoms with Crippen molar-refractivity contribution in [2.75, 3.05) is 29.5 Å². The molecule has 12 heteroatoms. The number of piperidine rings is 1. The Labute approximate surface area is 223 Å². The second-order valence-electron chi connectivity index (χ2n) is 9.15. The third kappa shape index (κ3) is 6.51. The van der Waals surface area contributed by atoms with Crippen LogP contribution in [-0.2, 0) is 11.0 Å². The number of nitrogen functional groups attached to an aromatic ring is 1. The molecule has 1 unspecified atom stereocenters. The molecule has 0 saturated carbocycles. The third-order valence-corrected chi connectivity index (χ3v) is 6.50. The summed E-state index contributed by atoms with van der Waals surface area (Å²) < 4.78 is 38.8. The number of rotatable bonds is 7. The fourth-order valence-electron chi connectivity index (χ4n) is 4.43. The van der Waals surface area contributed by atoms with Crippen molar-refractivity contribution in [3.63, 3.8) is 0 Å². The molecule has 2 aromatic heterocycles. The predicted octanol–water partition coefficient (Wildman–Crippen LogP) is 5.09. The number of likely N-dealkylation sites (tertiary alicyclic amines) is 1. The molecule has 0 aliphatic carbocycles. The zero-order valence-electron chi connectivity index (χ0n) is 21.2. The van der Waals surface area contributed by atoms with E-state index >= 15 is 0 Å². The SMILES string of the molecule is CCC(=O)N1CCCC(C(=N)c2ccnc(N)c2Nc2ccc(C(=O)Nc3cc(C(F)(F)F)ccn3)cc2)C1. The molecule has 4 rings (SSSR count). The number of amides is 2. The summed E-state index contributed by atoms with van der Waals surface area (Å²) in [6.07, 6.45) is -0.0506. The Morgan fingerprint density at radius 3 is 2.54 bits per heavy atom. The van der Waals surface area contributed by atoms with Crippen LogP contribution in [0.1, 0.15) is 47.7 Å². The average molecular weight is 540 g/mol. The van der Waals surface area contributed by atoms with Gasteiger partial charge in [-0.05, 0) is 55.3 Å². The van der Waals surface area contributed by atoms with Crippen LogP contribution in [0.2, 0.25) is 0 Å². The standard InChI is InChI=1S/C27H28F3N7O2/c1-2-22(38)37-13-3-4-17(15-37)23(31)20-10-12-34-25(32)24(20)35-19-7-5-16(6-8-19)26(39)36-21-14-18(9-11-33-21)27(28,29)30/h5-12,14,17,31,35H,2-4,13,15H2,1H3,(H2,32,34)(H,33,36,39). The molecule has 204 valence electrons. The maximum Gasteiger partial charge on any atom is 0.416 e. The first-order valence-corrected chi connectivity index (χ1v) is 12.4. The Kier molecular flexibility index (Phi) is 8.12. The summed E-state index contributed by atoms with van der Waals surface area (Å²) in [7, 11) is 0. The van der Waals surface area contributed by atoms with Crippen molar-refractivity contribution in [1.29, 1.82) is 5.41 Å². The molecule has 1 fully saturated rings. The molecule has 0 bridgehead atoms. The molecule has 5 N–H and O–H groups in total. The molecule has 1 aliphatic heterocycles. The summed E-state index contributed by atoms with van der Waals surface area (Å²) >= 11 is 0. The number of hydrogen-bond acceptors (Lipinski definition) is 7. The van der Waals surface area contributed by atoms with E-state index < -0.39 is 17.6 Å². The van der Waals surface area contributed by atoms with Crippen molar-refractivity contribution in [2.24, 2.45) is 5.92 Å². The Morgan fingerprint density at radius 2 is 1.85 bits per heavy atom. The van der Waals surface area contributed by atoms with Crippen molar-refractivity contribution in [3.8, 4) is 0 Å². The number of benzene rings is 1. The van der Waals surface area contributed by atoms with Gasteiger partial charge in [-0.25, -0.2) is 9.97 Å². The first-order valence-electron chi connectivity index (χ1n) is 12.4. The van der Waals surface area contributed by atoms with Crippen LogP contribution in [0.5, 0.6) is 0 Å². The number of anilines is 4. The number of nitrogens with zero attached hydrogens (tertiary/aromatic N) is 3. The molecule has 2 amide bonds. The van der Waals surface area contributed by atoms with Gasteiger partial charge in [0.05, 0.1) is 11.3 Å². The summed E-state index contributed by atoms with van der Waals surface area (Å²) in [6, 6.07) is 9.50. The predicted molar refractivity (Wildman–Crippen MR) is 142 cm³/mol. The van der Waals surface area contributed by atoms with Crippen molar-refractivity contribution >= 4 is 40.5 Å². The smallest absolute Gasteiger partial charge is 0.382 e. The maximum atomic E-state index is 12.9. The van der Waals surface area contributed by atoms with E-state index in [0.29, 0.717) is 42.2 Å². The number of alkyl halides is 3. The van der Waals surface area contributed by atoms with E-state index in [-0.39, 0.29) is 29.0 Å². The van der Waals surface area contributed by atoms with Gasteiger partial charge in [-0.1, -0.05) is 6.92 Å². The van der Waals surface area contributed by atoms with Gasteiger partial charge in [-0.3, -0.25) is 9.59 Å². The van der Waals surface area contributed by atoms with Gasteiger partial charge < -0.3 is 26.7 Å². The lowest BCUT2D eigenvalue weighted by Gasteiger charge is -2.33. The van der Waals surface area contributed by atoms with Gasteiger partial charge in [0.2, 0.25) is 5.91 Å². The van der Waals surface area contributed by atoms with Crippen LogP contribution in [0, 0.1) is 11.3 Å². The first kappa shape index (κ1) is 27.6. The number of aromatic nitrogens is 2.